The monoisotopic (exact) mass is 404 g/mol. The van der Waals surface area contributed by atoms with Crippen LogP contribution >= 0.6 is 0 Å². The van der Waals surface area contributed by atoms with E-state index in [-0.39, 0.29) is 11.9 Å². The number of aromatic nitrogens is 3. The van der Waals surface area contributed by atoms with Crippen molar-refractivity contribution in [3.05, 3.63) is 34.5 Å². The summed E-state index contributed by atoms with van der Waals surface area (Å²) in [6.07, 6.45) is 3.11. The first kappa shape index (κ1) is 18.6. The largest absolute Gasteiger partial charge is 0.496 e. The molecule has 2 aliphatic rings. The maximum Gasteiger partial charge on any atom is 0.273 e. The molecule has 2 aliphatic heterocycles. The topological polar surface area (TPSA) is 102 Å². The summed E-state index contributed by atoms with van der Waals surface area (Å²) in [5.74, 6) is 0.972. The Morgan fingerprint density at radius 2 is 2.10 bits per heavy atom. The van der Waals surface area contributed by atoms with Gasteiger partial charge in [0.2, 0.25) is 0 Å². The fourth-order valence-corrected chi connectivity index (χ4v) is 5.05. The molecule has 0 saturated carbocycles. The Kier molecular flexibility index (Phi) is 4.03. The molecule has 0 unspecified atom stereocenters. The lowest BCUT2D eigenvalue weighted by Gasteiger charge is -2.39. The number of rotatable bonds is 2. The molecule has 30 heavy (non-hydrogen) atoms. The van der Waals surface area contributed by atoms with Crippen molar-refractivity contribution in [2.45, 2.75) is 45.7 Å². The van der Waals surface area contributed by atoms with E-state index >= 15 is 0 Å². The fraction of sp³-hybridized carbons (Fsp3) is 0.409. The number of anilines is 1. The van der Waals surface area contributed by atoms with E-state index in [0.717, 1.165) is 48.4 Å². The van der Waals surface area contributed by atoms with E-state index in [2.05, 4.69) is 6.07 Å². The highest BCUT2D eigenvalue weighted by Gasteiger charge is 2.39. The Labute approximate surface area is 174 Å². The van der Waals surface area contributed by atoms with Gasteiger partial charge in [0.05, 0.1) is 30.8 Å². The quantitative estimate of drug-likeness (QED) is 0.707. The number of nitrogens with zero attached hydrogens (tertiary/aromatic N) is 5. The van der Waals surface area contributed by atoms with Crippen LogP contribution in [0.2, 0.25) is 0 Å². The summed E-state index contributed by atoms with van der Waals surface area (Å²) in [6, 6.07) is 6.26. The van der Waals surface area contributed by atoms with Crippen molar-refractivity contribution >= 4 is 22.8 Å². The van der Waals surface area contributed by atoms with Crippen molar-refractivity contribution in [2.75, 3.05) is 19.4 Å². The van der Waals surface area contributed by atoms with E-state index in [1.165, 1.54) is 0 Å². The summed E-state index contributed by atoms with van der Waals surface area (Å²) < 4.78 is 9.09. The highest BCUT2D eigenvalue weighted by Crippen LogP contribution is 2.39. The van der Waals surface area contributed by atoms with Crippen molar-refractivity contribution in [1.82, 2.24) is 19.2 Å². The molecule has 4 heterocycles. The molecule has 8 nitrogen and oxygen atoms in total. The molecule has 1 aromatic carbocycles. The Hall–Kier alpha value is -3.47. The zero-order valence-corrected chi connectivity index (χ0v) is 17.4. The minimum atomic E-state index is -0.0545. The number of ether oxygens (including phenoxy) is 1. The number of hydrogen-bond acceptors (Lipinski definition) is 5. The number of aryl methyl sites for hydroxylation is 1. The molecule has 154 valence electrons. The number of amides is 1. The first-order chi connectivity index (χ1) is 14.5. The van der Waals surface area contributed by atoms with E-state index < -0.39 is 0 Å². The molecule has 0 spiro atoms. The van der Waals surface area contributed by atoms with Crippen LogP contribution in [-0.2, 0) is 6.54 Å². The van der Waals surface area contributed by atoms with Gasteiger partial charge in [-0.1, -0.05) is 6.07 Å². The second-order valence-corrected chi connectivity index (χ2v) is 8.14. The van der Waals surface area contributed by atoms with Crippen molar-refractivity contribution in [3.63, 3.8) is 0 Å². The van der Waals surface area contributed by atoms with E-state index in [1.54, 1.807) is 16.4 Å². The molecule has 1 saturated heterocycles. The van der Waals surface area contributed by atoms with Crippen LogP contribution in [0, 0.1) is 25.2 Å². The third-order valence-electron chi connectivity index (χ3n) is 6.51. The lowest BCUT2D eigenvalue weighted by Crippen LogP contribution is -2.50. The van der Waals surface area contributed by atoms with E-state index in [9.17, 15) is 10.1 Å². The summed E-state index contributed by atoms with van der Waals surface area (Å²) in [5.41, 5.74) is 10.5. The smallest absolute Gasteiger partial charge is 0.273 e. The molecule has 1 amide bonds. The Morgan fingerprint density at radius 1 is 1.30 bits per heavy atom. The number of piperidine rings is 1. The molecule has 5 rings (SSSR count). The second-order valence-electron chi connectivity index (χ2n) is 8.14. The molecule has 8 heteroatoms. The standard InChI is InChI=1S/C22H24N6O2/c1-12-7-8-16(30-3)13(2)18(12)28-20(24)15(10-23)17-19-22(29)26-9-5-4-6-14(26)11-27(19)25-21(17)28/h7-8,14H,4-6,9,11,24H2,1-3H3/t14-/m0/s1. The number of nitrogens with two attached hydrogens (primary N) is 1. The van der Waals surface area contributed by atoms with Crippen LogP contribution in [0.1, 0.15) is 46.4 Å². The SMILES string of the molecule is COc1ccc(C)c(-n2c(N)c(C#N)c3c4n(nc32)C[C@@H]2CCCCN2C4=O)c1C. The number of fused-ring (bicyclic) bond motifs is 4. The maximum atomic E-state index is 13.4. The summed E-state index contributed by atoms with van der Waals surface area (Å²) in [7, 11) is 1.63. The minimum Gasteiger partial charge on any atom is -0.496 e. The lowest BCUT2D eigenvalue weighted by atomic mass is 9.99. The Bertz CT molecular complexity index is 1250. The van der Waals surface area contributed by atoms with Gasteiger partial charge in [0.25, 0.3) is 5.91 Å². The number of benzene rings is 1. The van der Waals surface area contributed by atoms with Crippen LogP contribution in [-0.4, -0.2) is 44.9 Å². The van der Waals surface area contributed by atoms with Crippen LogP contribution in [0.25, 0.3) is 16.7 Å². The summed E-state index contributed by atoms with van der Waals surface area (Å²) in [4.78, 5) is 15.3. The van der Waals surface area contributed by atoms with Crippen LogP contribution in [0.4, 0.5) is 5.82 Å². The lowest BCUT2D eigenvalue weighted by molar-refractivity contribution is 0.0505. The van der Waals surface area contributed by atoms with Gasteiger partial charge in [-0.3, -0.25) is 14.0 Å². The molecule has 2 aromatic heterocycles. The minimum absolute atomic E-state index is 0.0545. The molecular weight excluding hydrogens is 380 g/mol. The normalized spacial score (nSPS) is 18.3. The zero-order chi connectivity index (χ0) is 21.2. The Balaban J connectivity index is 1.83. The van der Waals surface area contributed by atoms with E-state index in [0.29, 0.717) is 34.7 Å². The average Bonchev–Trinajstić information content (AvgIpc) is 3.22. The number of nitriles is 1. The number of hydrogen-bond donors (Lipinski definition) is 1. The third kappa shape index (κ3) is 2.32. The van der Waals surface area contributed by atoms with Crippen LogP contribution in [0.5, 0.6) is 5.75 Å². The highest BCUT2D eigenvalue weighted by atomic mass is 16.5. The first-order valence-electron chi connectivity index (χ1n) is 10.2. The molecule has 2 N–H and O–H groups in total. The third-order valence-corrected chi connectivity index (χ3v) is 6.51. The van der Waals surface area contributed by atoms with Gasteiger partial charge < -0.3 is 15.4 Å². The zero-order valence-electron chi connectivity index (χ0n) is 17.4. The van der Waals surface area contributed by atoms with Crippen molar-refractivity contribution < 1.29 is 9.53 Å². The van der Waals surface area contributed by atoms with Gasteiger partial charge in [-0.05, 0) is 44.7 Å². The average molecular weight is 404 g/mol. The molecule has 3 aromatic rings. The van der Waals surface area contributed by atoms with Crippen LogP contribution < -0.4 is 10.5 Å². The van der Waals surface area contributed by atoms with Gasteiger partial charge in [0.1, 0.15) is 28.9 Å². The molecule has 1 fully saturated rings. The fourth-order valence-electron chi connectivity index (χ4n) is 5.05. The predicted molar refractivity (Wildman–Crippen MR) is 113 cm³/mol. The summed E-state index contributed by atoms with van der Waals surface area (Å²) in [5, 5.41) is 15.3. The van der Waals surface area contributed by atoms with Crippen LogP contribution in [0.3, 0.4) is 0 Å². The van der Waals surface area contributed by atoms with E-state index in [4.69, 9.17) is 15.6 Å². The van der Waals surface area contributed by atoms with E-state index in [1.807, 2.05) is 30.9 Å². The highest BCUT2D eigenvalue weighted by molar-refractivity contribution is 6.09. The Morgan fingerprint density at radius 3 is 2.83 bits per heavy atom. The van der Waals surface area contributed by atoms with Crippen molar-refractivity contribution in [3.8, 4) is 17.5 Å². The molecule has 0 bridgehead atoms. The molecular formula is C22H24N6O2. The van der Waals surface area contributed by atoms with Gasteiger partial charge in [0.15, 0.2) is 5.65 Å². The van der Waals surface area contributed by atoms with Gasteiger partial charge in [-0.2, -0.15) is 10.4 Å². The number of methoxy groups -OCH3 is 1. The van der Waals surface area contributed by atoms with Gasteiger partial charge in [0, 0.05) is 12.1 Å². The molecule has 1 atom stereocenters. The summed E-state index contributed by atoms with van der Waals surface area (Å²) >= 11 is 0. The first-order valence-corrected chi connectivity index (χ1v) is 10.2. The molecule has 0 radical (unpaired) electrons. The molecule has 0 aliphatic carbocycles. The van der Waals surface area contributed by atoms with Crippen LogP contribution in [0.15, 0.2) is 12.1 Å². The number of carbonyl (C=O) groups is 1. The maximum absolute atomic E-state index is 13.4. The van der Waals surface area contributed by atoms with Gasteiger partial charge in [-0.15, -0.1) is 0 Å². The van der Waals surface area contributed by atoms with Gasteiger partial charge >= 0.3 is 0 Å². The predicted octanol–water partition coefficient (Wildman–Crippen LogP) is 2.91. The number of nitrogen functional groups attached to an aromatic ring is 1. The number of carbonyl (C=O) groups excluding carboxylic acids is 1. The van der Waals surface area contributed by atoms with Crippen molar-refractivity contribution in [2.24, 2.45) is 0 Å². The summed E-state index contributed by atoms with van der Waals surface area (Å²) in [6.45, 7) is 5.35. The van der Waals surface area contributed by atoms with Gasteiger partial charge in [-0.25, -0.2) is 0 Å². The second kappa shape index (κ2) is 6.52. The van der Waals surface area contributed by atoms with Crippen molar-refractivity contribution in [1.29, 1.82) is 5.26 Å².